The Morgan fingerprint density at radius 2 is 1.40 bits per heavy atom. The van der Waals surface area contributed by atoms with Gasteiger partial charge in [0.25, 0.3) is 5.79 Å². The lowest BCUT2D eigenvalue weighted by Crippen LogP contribution is -2.92. The lowest BCUT2D eigenvalue weighted by atomic mass is 9.58. The average Bonchev–Trinajstić information content (AvgIpc) is 2.55. The molecule has 0 aromatic carbocycles. The Morgan fingerprint density at radius 3 is 1.64 bits per heavy atom. The van der Waals surface area contributed by atoms with Crippen molar-refractivity contribution in [3.63, 3.8) is 0 Å². The van der Waals surface area contributed by atoms with Crippen LogP contribution in [0.15, 0.2) is 0 Å². The number of aliphatic hydroxyl groups excluding tert-OH is 1. The standard InChI is InChI=1S/C13H16Br2O10/c1-6(18)11(21)9(14,4-16)24-10(5-17,25-15)12(22,7(2)19)13(11,23)8(3)20/h5,16,21-23H,4H2,1-3H3/t9-,10?,11-,12+,13+/m0/s1. The molecule has 25 heavy (non-hydrogen) atoms. The Bertz CT molecular complexity index is 640. The fourth-order valence-electron chi connectivity index (χ4n) is 3.05. The third-order valence-electron chi connectivity index (χ3n) is 4.41. The second-order valence-corrected chi connectivity index (χ2v) is 7.26. The number of alkyl halides is 1. The van der Waals surface area contributed by atoms with E-state index in [2.05, 4.69) is 36.0 Å². The first-order valence-corrected chi connectivity index (χ1v) is 8.12. The largest absolute Gasteiger partial charge is 0.392 e. The zero-order chi connectivity index (χ0) is 20.1. The van der Waals surface area contributed by atoms with Crippen LogP contribution in [-0.2, 0) is 27.7 Å². The minimum absolute atomic E-state index is 0.275. The minimum Gasteiger partial charge on any atom is -0.392 e. The highest BCUT2D eigenvalue weighted by Gasteiger charge is 2.87. The Balaban J connectivity index is 4.18. The van der Waals surface area contributed by atoms with Gasteiger partial charge in [0.1, 0.15) is 16.3 Å². The number of aldehydes is 1. The van der Waals surface area contributed by atoms with Crippen LogP contribution in [0.1, 0.15) is 20.8 Å². The van der Waals surface area contributed by atoms with E-state index in [1.807, 2.05) is 0 Å². The summed E-state index contributed by atoms with van der Waals surface area (Å²) < 4.78 is 6.97. The molecule has 0 aromatic heterocycles. The van der Waals surface area contributed by atoms with E-state index in [0.29, 0.717) is 20.8 Å². The molecule has 0 saturated carbocycles. The van der Waals surface area contributed by atoms with E-state index in [1.54, 1.807) is 0 Å². The second-order valence-electron chi connectivity index (χ2n) is 5.65. The van der Waals surface area contributed by atoms with E-state index < -0.39 is 51.1 Å². The minimum atomic E-state index is -3.64. The van der Waals surface area contributed by atoms with Crippen LogP contribution < -0.4 is 0 Å². The van der Waals surface area contributed by atoms with Crippen LogP contribution in [0.3, 0.4) is 0 Å². The maximum atomic E-state index is 12.3. The molecule has 0 aromatic rings. The first kappa shape index (κ1) is 22.4. The van der Waals surface area contributed by atoms with Gasteiger partial charge in [-0.1, -0.05) is 0 Å². The lowest BCUT2D eigenvalue weighted by Gasteiger charge is -2.62. The normalized spacial score (nSPS) is 44.2. The monoisotopic (exact) mass is 490 g/mol. The number of ether oxygens (including phenoxy) is 1. The Hall–Kier alpha value is -0.600. The third-order valence-corrected chi connectivity index (χ3v) is 5.87. The summed E-state index contributed by atoms with van der Waals surface area (Å²) >= 11 is 5.05. The molecule has 0 amide bonds. The molecular formula is C13H16Br2O10. The molecular weight excluding hydrogens is 476 g/mol. The summed E-state index contributed by atoms with van der Waals surface area (Å²) in [6.07, 6.45) is -0.275. The molecule has 1 saturated heterocycles. The summed E-state index contributed by atoms with van der Waals surface area (Å²) in [5.74, 6) is -7.39. The number of rotatable bonds is 6. The molecule has 1 fully saturated rings. The number of halogens is 2. The molecule has 5 atom stereocenters. The van der Waals surface area contributed by atoms with Crippen molar-refractivity contribution in [2.75, 3.05) is 6.61 Å². The highest BCUT2D eigenvalue weighted by molar-refractivity contribution is 9.10. The molecule has 12 heteroatoms. The maximum absolute atomic E-state index is 12.3. The van der Waals surface area contributed by atoms with Gasteiger partial charge in [-0.25, -0.2) is 0 Å². The molecule has 1 heterocycles. The number of hydrogen-bond acceptors (Lipinski definition) is 10. The predicted molar refractivity (Wildman–Crippen MR) is 85.5 cm³/mol. The average molecular weight is 492 g/mol. The second kappa shape index (κ2) is 6.53. The van der Waals surface area contributed by atoms with Crippen LogP contribution in [-0.4, -0.2) is 77.8 Å². The van der Waals surface area contributed by atoms with Gasteiger partial charge >= 0.3 is 0 Å². The van der Waals surface area contributed by atoms with Crippen LogP contribution in [0.4, 0.5) is 0 Å². The van der Waals surface area contributed by atoms with Gasteiger partial charge in [-0.3, -0.25) is 23.0 Å². The van der Waals surface area contributed by atoms with Crippen molar-refractivity contribution in [3.05, 3.63) is 0 Å². The summed E-state index contributed by atoms with van der Waals surface area (Å²) in [5.41, 5.74) is -10.6. The van der Waals surface area contributed by atoms with Crippen molar-refractivity contribution >= 4 is 55.8 Å². The number of ketones is 3. The van der Waals surface area contributed by atoms with Gasteiger partial charge in [0.2, 0.25) is 16.8 Å². The zero-order valence-electron chi connectivity index (χ0n) is 13.3. The van der Waals surface area contributed by atoms with Gasteiger partial charge in [-0.15, -0.1) is 0 Å². The molecule has 0 radical (unpaired) electrons. The van der Waals surface area contributed by atoms with Gasteiger partial charge in [-0.05, 0) is 36.7 Å². The fourth-order valence-corrected chi connectivity index (χ4v) is 4.23. The summed E-state index contributed by atoms with van der Waals surface area (Å²) in [4.78, 5) is 48.3. The van der Waals surface area contributed by atoms with Gasteiger partial charge < -0.3 is 25.2 Å². The summed E-state index contributed by atoms with van der Waals surface area (Å²) in [7, 11) is 0. The van der Waals surface area contributed by atoms with E-state index in [4.69, 9.17) is 4.74 Å². The van der Waals surface area contributed by atoms with Gasteiger partial charge in [0.05, 0.1) is 6.61 Å². The molecule has 10 nitrogen and oxygen atoms in total. The molecule has 1 unspecified atom stereocenters. The molecule has 1 rings (SSSR count). The quantitative estimate of drug-likeness (QED) is 0.248. The Morgan fingerprint density at radius 1 is 1.00 bits per heavy atom. The first-order valence-electron chi connectivity index (χ1n) is 6.68. The van der Waals surface area contributed by atoms with E-state index in [1.165, 1.54) is 0 Å². The number of hydrogen-bond donors (Lipinski definition) is 4. The van der Waals surface area contributed by atoms with Crippen LogP contribution in [0.5, 0.6) is 0 Å². The maximum Gasteiger partial charge on any atom is 0.279 e. The molecule has 4 N–H and O–H groups in total. The number of Topliss-reactive ketones (excluding diaryl/α,β-unsaturated/α-hetero) is 3. The van der Waals surface area contributed by atoms with Crippen molar-refractivity contribution in [2.24, 2.45) is 0 Å². The van der Waals surface area contributed by atoms with E-state index in [0.717, 1.165) is 0 Å². The SMILES string of the molecule is CC(=O)[C@@]1(O)[C@](O)(C(C)=O)[C@](Br)(CO)OC(C=O)(OBr)[C@]1(O)C(C)=O. The summed E-state index contributed by atoms with van der Waals surface area (Å²) in [6.45, 7) is 0.759. The van der Waals surface area contributed by atoms with Crippen molar-refractivity contribution in [3.8, 4) is 0 Å². The van der Waals surface area contributed by atoms with Crippen LogP contribution in [0.2, 0.25) is 0 Å². The van der Waals surface area contributed by atoms with Crippen molar-refractivity contribution in [2.45, 2.75) is 47.9 Å². The smallest absolute Gasteiger partial charge is 0.279 e. The Kier molecular flexibility index (Phi) is 5.86. The van der Waals surface area contributed by atoms with E-state index >= 15 is 0 Å². The molecule has 142 valence electrons. The number of carbonyl (C=O) groups is 4. The number of carbonyl (C=O) groups excluding carboxylic acids is 4. The first-order chi connectivity index (χ1) is 11.2. The lowest BCUT2D eigenvalue weighted by molar-refractivity contribution is -0.383. The molecule has 0 bridgehead atoms. The zero-order valence-corrected chi connectivity index (χ0v) is 16.5. The van der Waals surface area contributed by atoms with Crippen molar-refractivity contribution in [1.82, 2.24) is 0 Å². The predicted octanol–water partition coefficient (Wildman–Crippen LogP) is -1.72. The van der Waals surface area contributed by atoms with E-state index in [9.17, 15) is 39.6 Å². The molecule has 0 aliphatic carbocycles. The summed E-state index contributed by atoms with van der Waals surface area (Å²) in [6, 6.07) is 0. The molecule has 0 spiro atoms. The summed E-state index contributed by atoms with van der Waals surface area (Å²) in [5, 5.41) is 42.5. The third kappa shape index (κ3) is 2.29. The van der Waals surface area contributed by atoms with Gasteiger partial charge in [0.15, 0.2) is 28.1 Å². The van der Waals surface area contributed by atoms with Crippen LogP contribution >= 0.6 is 32.2 Å². The highest BCUT2D eigenvalue weighted by atomic mass is 79.9. The van der Waals surface area contributed by atoms with Crippen LogP contribution in [0.25, 0.3) is 0 Å². The van der Waals surface area contributed by atoms with Gasteiger partial charge in [-0.2, -0.15) is 0 Å². The number of aliphatic hydroxyl groups is 4. The van der Waals surface area contributed by atoms with Gasteiger partial charge in [0, 0.05) is 0 Å². The molecule has 1 aliphatic rings. The van der Waals surface area contributed by atoms with Crippen molar-refractivity contribution in [1.29, 1.82) is 0 Å². The van der Waals surface area contributed by atoms with Crippen LogP contribution in [0, 0.1) is 0 Å². The fraction of sp³-hybridized carbons (Fsp3) is 0.692. The highest BCUT2D eigenvalue weighted by Crippen LogP contribution is 2.57. The van der Waals surface area contributed by atoms with E-state index in [-0.39, 0.29) is 6.29 Å². The Labute approximate surface area is 158 Å². The molecule has 1 aliphatic heterocycles. The topological polar surface area (TPSA) is 168 Å². The van der Waals surface area contributed by atoms with Crippen molar-refractivity contribution < 1.29 is 48.2 Å².